The van der Waals surface area contributed by atoms with E-state index in [1.54, 1.807) is 37.4 Å². The molecule has 0 spiro atoms. The van der Waals surface area contributed by atoms with Crippen molar-refractivity contribution >= 4 is 99.0 Å². The molecule has 0 aliphatic carbocycles. The van der Waals surface area contributed by atoms with E-state index in [2.05, 4.69) is 58.4 Å². The molecule has 0 bridgehead atoms. The van der Waals surface area contributed by atoms with Gasteiger partial charge in [-0.05, 0) is 141 Å². The number of nitrogens with two attached hydrogens (primary N) is 2. The third-order valence-corrected chi connectivity index (χ3v) is 18.0. The number of H-pyrrole nitrogens is 1. The Morgan fingerprint density at radius 1 is 0.627 bits per heavy atom. The maximum absolute atomic E-state index is 14.9. The lowest BCUT2D eigenvalue weighted by atomic mass is 9.79. The smallest absolute Gasteiger partial charge is 0.303 e. The first-order chi connectivity index (χ1) is 47.9. The highest BCUT2D eigenvalue weighted by Crippen LogP contribution is 2.31. The van der Waals surface area contributed by atoms with Crippen LogP contribution in [0, 0.1) is 17.3 Å². The summed E-state index contributed by atoms with van der Waals surface area (Å²) >= 11 is 0. The summed E-state index contributed by atoms with van der Waals surface area (Å²) in [5.41, 5.74) is 14.3. The standard InChI is InChI=1S/C72H105N13O17/c1-40(2)34-49-39-76-53(28-30-57(73)88)62(94)60(92)43(5)78-67(99)56(36-48-38-75-52-23-19-18-22-51(48)52)81-68(100)55(35-47-24-26-50(87)27-25-47)80-66(98)54(29-31-58(89)90)82-69(101)71(9,37-41(3)86)32-20-16-14-12-11-13-15-17-21-33-72(10,83-65(49)97)70(102)79-46(8)64(96)77-42(4)59(91)61(93)44(6)84-85-45(7)63(74)95/h13,15,18-19,22-27,38,40,42-46,49,53-56,75-76,84-85,87H,11-12,14,16-17,20-21,28-37,39H2,1-10H3,(H2,73,88)(H2,74,95)(H,77,96)(H,78,99)(H,79,102)(H,80,98)(H,81,100)(H,82,101)(H,83,97)(H,89,90)/b15-13+/t42-,43?,44-,45+,46?,49+,53-,54-,55?,56-,71-,72-/m0/s1. The summed E-state index contributed by atoms with van der Waals surface area (Å²) in [5, 5.41) is 42.2. The van der Waals surface area contributed by atoms with Crippen LogP contribution in [0.3, 0.4) is 0 Å². The third-order valence-electron chi connectivity index (χ3n) is 18.0. The quantitative estimate of drug-likeness (QED) is 0.0327. The van der Waals surface area contributed by atoms with Crippen molar-refractivity contribution in [1.82, 2.24) is 58.4 Å². The van der Waals surface area contributed by atoms with Crippen LogP contribution >= 0.6 is 0 Å². The number of nitrogens with one attached hydrogen (secondary N) is 11. The van der Waals surface area contributed by atoms with Crippen LogP contribution < -0.4 is 64.9 Å². The maximum Gasteiger partial charge on any atom is 0.303 e. The van der Waals surface area contributed by atoms with Gasteiger partial charge in [-0.3, -0.25) is 71.9 Å². The second-order valence-electron chi connectivity index (χ2n) is 27.6. The molecule has 1 aliphatic heterocycles. The third kappa shape index (κ3) is 27.4. The number of carboxylic acids is 1. The van der Waals surface area contributed by atoms with Crippen molar-refractivity contribution in [1.29, 1.82) is 0 Å². The minimum absolute atomic E-state index is 0.00386. The molecule has 9 amide bonds. The fourth-order valence-electron chi connectivity index (χ4n) is 11.8. The number of allylic oxidation sites excluding steroid dienone is 2. The van der Waals surface area contributed by atoms with Gasteiger partial charge in [-0.25, -0.2) is 10.9 Å². The van der Waals surface area contributed by atoms with E-state index < -0.39 is 173 Å². The van der Waals surface area contributed by atoms with E-state index in [9.17, 15) is 82.1 Å². The van der Waals surface area contributed by atoms with E-state index in [0.29, 0.717) is 67.0 Å². The zero-order valence-electron chi connectivity index (χ0n) is 60.1. The summed E-state index contributed by atoms with van der Waals surface area (Å²) in [6.07, 6.45) is 7.09. The number of Topliss-reactive ketones (excluding diaryl/α,β-unsaturated/α-hetero) is 5. The summed E-state index contributed by atoms with van der Waals surface area (Å²) in [6, 6.07) is 0.0878. The molecule has 3 aromatic rings. The fourth-order valence-corrected chi connectivity index (χ4v) is 11.8. The zero-order chi connectivity index (χ0) is 76.2. The molecule has 4 rings (SSSR count). The second kappa shape index (κ2) is 40.8. The Morgan fingerprint density at radius 2 is 1.22 bits per heavy atom. The van der Waals surface area contributed by atoms with Gasteiger partial charge >= 0.3 is 5.97 Å². The average Bonchev–Trinajstić information content (AvgIpc) is 1.48. The molecule has 1 aromatic heterocycles. The number of carboxylic acid groups (broad SMARTS) is 1. The molecule has 0 radical (unpaired) electrons. The zero-order valence-corrected chi connectivity index (χ0v) is 60.1. The lowest BCUT2D eigenvalue weighted by molar-refractivity contribution is -0.141. The molecule has 30 heteroatoms. The van der Waals surface area contributed by atoms with Crippen LogP contribution in [0.2, 0.25) is 0 Å². The number of aromatic amines is 1. The predicted octanol–water partition coefficient (Wildman–Crippen LogP) is 1.95. The molecular weight excluding hydrogens is 1320 g/mol. The van der Waals surface area contributed by atoms with Gasteiger partial charge in [0.25, 0.3) is 0 Å². The number of hydrazine groups is 1. The number of para-hydroxylation sites is 1. The normalized spacial score (nSPS) is 24.0. The first-order valence-corrected chi connectivity index (χ1v) is 34.8. The van der Waals surface area contributed by atoms with Gasteiger partial charge < -0.3 is 69.2 Å². The lowest BCUT2D eigenvalue weighted by Gasteiger charge is -2.33. The topological polar surface area (TPSA) is 485 Å². The monoisotopic (exact) mass is 1420 g/mol. The van der Waals surface area contributed by atoms with Crippen molar-refractivity contribution in [3.8, 4) is 5.75 Å². The Hall–Kier alpha value is -9.55. The molecule has 0 saturated carbocycles. The number of carbonyl (C=O) groups is 15. The number of amides is 9. The number of primary amides is 2. The fraction of sp³-hybridized carbons (Fsp3) is 0.569. The van der Waals surface area contributed by atoms with Gasteiger partial charge in [0.1, 0.15) is 41.2 Å². The molecule has 1 aliphatic rings. The van der Waals surface area contributed by atoms with Crippen LogP contribution in [-0.2, 0) is 84.8 Å². The molecule has 12 atom stereocenters. The molecule has 560 valence electrons. The van der Waals surface area contributed by atoms with E-state index in [4.69, 9.17) is 11.5 Å². The number of carbonyl (C=O) groups excluding carboxylic acids is 14. The molecular formula is C72H105N13O17. The number of aliphatic carboxylic acids is 1. The molecule has 102 heavy (non-hydrogen) atoms. The van der Waals surface area contributed by atoms with Crippen LogP contribution in [0.4, 0.5) is 0 Å². The maximum atomic E-state index is 14.9. The average molecular weight is 1420 g/mol. The Kier molecular flexibility index (Phi) is 33.9. The summed E-state index contributed by atoms with van der Waals surface area (Å²) in [6.45, 7) is 14.3. The highest BCUT2D eigenvalue weighted by atomic mass is 16.4. The van der Waals surface area contributed by atoms with Crippen LogP contribution in [0.5, 0.6) is 5.75 Å². The highest BCUT2D eigenvalue weighted by molar-refractivity contribution is 6.41. The number of benzene rings is 2. The number of fused-ring (bicyclic) bond motifs is 1. The Bertz CT molecular complexity index is 3520. The van der Waals surface area contributed by atoms with Gasteiger partial charge in [-0.2, -0.15) is 0 Å². The van der Waals surface area contributed by atoms with E-state index in [0.717, 1.165) is 0 Å². The van der Waals surface area contributed by atoms with Crippen molar-refractivity contribution in [3.63, 3.8) is 0 Å². The van der Waals surface area contributed by atoms with E-state index >= 15 is 0 Å². The Morgan fingerprint density at radius 3 is 1.84 bits per heavy atom. The second-order valence-corrected chi connectivity index (χ2v) is 27.6. The van der Waals surface area contributed by atoms with Crippen molar-refractivity contribution in [2.75, 3.05) is 6.54 Å². The van der Waals surface area contributed by atoms with Crippen LogP contribution in [0.15, 0.2) is 66.9 Å². The number of hydrogen-bond donors (Lipinski definition) is 15. The molecule has 30 nitrogen and oxygen atoms in total. The van der Waals surface area contributed by atoms with Gasteiger partial charge in [-0.15, -0.1) is 0 Å². The van der Waals surface area contributed by atoms with Crippen LogP contribution in [-0.4, -0.2) is 170 Å². The van der Waals surface area contributed by atoms with Crippen molar-refractivity contribution in [2.45, 2.75) is 238 Å². The van der Waals surface area contributed by atoms with Crippen molar-refractivity contribution in [3.05, 3.63) is 78.0 Å². The first-order valence-electron chi connectivity index (χ1n) is 34.8. The number of phenols is 1. The number of phenolic OH excluding ortho intramolecular Hbond substituents is 1. The SMILES string of the molecule is CC(=O)C[C@]1(C)CCCCCC/C=C/CCC[C@@](C)(C(=O)NC(C)C(=O)N[C@@H](C)C(=O)C(=O)[C@H](C)NN[C@H](C)C(N)=O)NC(=O)[C@H](CC(C)C)CN[C@@H](CCC(N)=O)C(=O)C(=O)C(C)NC(=O)[C@H](Cc2c[nH]c3ccccc23)NC(=O)C(Cc2ccc(O)cc2)NC(=O)[C@H](CCC(=O)O)NC1=O. The first kappa shape index (κ1) is 84.9. The number of aromatic nitrogens is 1. The van der Waals surface area contributed by atoms with Crippen LogP contribution in [0.1, 0.15) is 177 Å². The van der Waals surface area contributed by atoms with Gasteiger partial charge in [0.2, 0.25) is 76.3 Å². The van der Waals surface area contributed by atoms with E-state index in [-0.39, 0.29) is 68.9 Å². The van der Waals surface area contributed by atoms with Gasteiger partial charge in [-0.1, -0.05) is 82.5 Å². The number of hydrogen-bond acceptors (Lipinski definition) is 19. The molecule has 3 unspecified atom stereocenters. The van der Waals surface area contributed by atoms with Crippen LogP contribution in [0.25, 0.3) is 10.9 Å². The van der Waals surface area contributed by atoms with Gasteiger partial charge in [0, 0.05) is 55.7 Å². The number of ketones is 5. The number of rotatable bonds is 25. The largest absolute Gasteiger partial charge is 0.508 e. The molecule has 0 saturated heterocycles. The summed E-state index contributed by atoms with van der Waals surface area (Å²) in [7, 11) is 0. The predicted molar refractivity (Wildman–Crippen MR) is 378 cm³/mol. The molecule has 2 aromatic carbocycles. The molecule has 0 fully saturated rings. The van der Waals surface area contributed by atoms with E-state index in [1.807, 2.05) is 26.0 Å². The molecule has 17 N–H and O–H groups in total. The summed E-state index contributed by atoms with van der Waals surface area (Å²) < 4.78 is 0. The summed E-state index contributed by atoms with van der Waals surface area (Å²) in [4.78, 5) is 209. The molecule has 2 heterocycles. The van der Waals surface area contributed by atoms with Gasteiger partial charge in [0.05, 0.1) is 41.5 Å². The Balaban J connectivity index is 1.77. The van der Waals surface area contributed by atoms with Crippen molar-refractivity contribution < 1.29 is 82.1 Å². The van der Waals surface area contributed by atoms with Gasteiger partial charge in [0.15, 0.2) is 0 Å². The van der Waals surface area contributed by atoms with Crippen molar-refractivity contribution in [2.24, 2.45) is 28.7 Å². The summed E-state index contributed by atoms with van der Waals surface area (Å²) in [5.74, 6) is -14.8. The highest BCUT2D eigenvalue weighted by Gasteiger charge is 2.41. The minimum Gasteiger partial charge on any atom is -0.508 e. The van der Waals surface area contributed by atoms with E-state index in [1.165, 1.54) is 72.7 Å². The number of aromatic hydroxyl groups is 1. The minimum atomic E-state index is -1.75. The lowest BCUT2D eigenvalue weighted by Crippen LogP contribution is -2.62. The Labute approximate surface area is 594 Å².